The summed E-state index contributed by atoms with van der Waals surface area (Å²) < 4.78 is 10.9. The summed E-state index contributed by atoms with van der Waals surface area (Å²) in [6, 6.07) is 14.9. The summed E-state index contributed by atoms with van der Waals surface area (Å²) in [7, 11) is 1.59. The van der Waals surface area contributed by atoms with E-state index in [4.69, 9.17) is 21.1 Å². The van der Waals surface area contributed by atoms with Crippen LogP contribution in [0.15, 0.2) is 48.5 Å². The summed E-state index contributed by atoms with van der Waals surface area (Å²) in [5.41, 5.74) is 1.60. The molecule has 7 heteroatoms. The van der Waals surface area contributed by atoms with E-state index in [1.807, 2.05) is 48.5 Å². The van der Waals surface area contributed by atoms with Crippen LogP contribution in [-0.2, 0) is 16.1 Å². The van der Waals surface area contributed by atoms with E-state index in [0.717, 1.165) is 31.5 Å². The molecule has 30 heavy (non-hydrogen) atoms. The Balaban J connectivity index is 1.37. The molecule has 0 aliphatic carbocycles. The number of methoxy groups -OCH3 is 1. The van der Waals surface area contributed by atoms with Gasteiger partial charge in [-0.25, -0.2) is 0 Å². The maximum Gasteiger partial charge on any atom is 0.227 e. The highest BCUT2D eigenvalue weighted by atomic mass is 35.5. The van der Waals surface area contributed by atoms with Crippen LogP contribution in [0.25, 0.3) is 0 Å². The molecule has 0 saturated carbocycles. The summed E-state index contributed by atoms with van der Waals surface area (Å²) in [6.45, 7) is 2.70. The number of hydrogen-bond acceptors (Lipinski definition) is 5. The van der Waals surface area contributed by atoms with Gasteiger partial charge < -0.3 is 24.8 Å². The third-order valence-corrected chi connectivity index (χ3v) is 5.69. The highest BCUT2D eigenvalue weighted by molar-refractivity contribution is 6.31. The second kappa shape index (κ2) is 11.3. The lowest BCUT2D eigenvalue weighted by molar-refractivity contribution is -0.121. The van der Waals surface area contributed by atoms with Crippen LogP contribution in [0.5, 0.6) is 5.75 Å². The van der Waals surface area contributed by atoms with Gasteiger partial charge in [0.25, 0.3) is 0 Å². The molecule has 0 spiro atoms. The van der Waals surface area contributed by atoms with Gasteiger partial charge in [-0.3, -0.25) is 4.79 Å². The average Bonchev–Trinajstić information content (AvgIpc) is 2.76. The number of aliphatic hydroxyl groups excluding tert-OH is 1. The molecule has 3 rings (SSSR count). The lowest BCUT2D eigenvalue weighted by atomic mass is 9.95. The van der Waals surface area contributed by atoms with Crippen LogP contribution in [0.3, 0.4) is 0 Å². The molecular formula is C23H29ClN2O4. The van der Waals surface area contributed by atoms with Gasteiger partial charge in [-0.1, -0.05) is 41.9 Å². The minimum atomic E-state index is -0.577. The Labute approximate surface area is 182 Å². The van der Waals surface area contributed by atoms with Crippen molar-refractivity contribution in [2.75, 3.05) is 38.7 Å². The van der Waals surface area contributed by atoms with E-state index in [1.165, 1.54) is 0 Å². The Bertz CT molecular complexity index is 824. The number of anilines is 1. The van der Waals surface area contributed by atoms with E-state index in [-0.39, 0.29) is 18.4 Å². The molecule has 162 valence electrons. The first-order valence-corrected chi connectivity index (χ1v) is 10.6. The molecule has 1 aliphatic rings. The molecule has 1 amide bonds. The quantitative estimate of drug-likeness (QED) is 0.633. The second-order valence-corrected chi connectivity index (χ2v) is 7.93. The molecular weight excluding hydrogens is 404 g/mol. The number of piperidine rings is 1. The lowest BCUT2D eigenvalue weighted by Gasteiger charge is -2.32. The van der Waals surface area contributed by atoms with Crippen molar-refractivity contribution in [2.45, 2.75) is 25.6 Å². The third kappa shape index (κ3) is 6.44. The zero-order valence-electron chi connectivity index (χ0n) is 17.2. The maximum atomic E-state index is 12.6. The first kappa shape index (κ1) is 22.6. The topological polar surface area (TPSA) is 71.0 Å². The fraction of sp³-hybridized carbons (Fsp3) is 0.435. The fourth-order valence-electron chi connectivity index (χ4n) is 3.63. The first-order valence-electron chi connectivity index (χ1n) is 10.2. The second-order valence-electron chi connectivity index (χ2n) is 7.52. The maximum absolute atomic E-state index is 12.6. The number of aliphatic hydroxyl groups is 1. The van der Waals surface area contributed by atoms with Gasteiger partial charge in [0.2, 0.25) is 5.91 Å². The number of β-amino-alcohol motifs (C(OH)–C–C–N with tert-alkyl or cyclic N) is 1. The van der Waals surface area contributed by atoms with Crippen LogP contribution in [0, 0.1) is 5.92 Å². The van der Waals surface area contributed by atoms with Gasteiger partial charge in [-0.2, -0.15) is 0 Å². The number of rotatable bonds is 9. The third-order valence-electron chi connectivity index (χ3n) is 5.32. The molecule has 1 saturated heterocycles. The van der Waals surface area contributed by atoms with Gasteiger partial charge in [-0.15, -0.1) is 0 Å². The number of likely N-dealkylation sites (tertiary alicyclic amines) is 1. The number of para-hydroxylation sites is 2. The predicted molar refractivity (Wildman–Crippen MR) is 118 cm³/mol. The van der Waals surface area contributed by atoms with Crippen molar-refractivity contribution in [1.29, 1.82) is 0 Å². The fourth-order valence-corrected chi connectivity index (χ4v) is 3.82. The number of carbonyl (C=O) groups is 1. The Morgan fingerprint density at radius 1 is 1.20 bits per heavy atom. The van der Waals surface area contributed by atoms with Gasteiger partial charge in [0.15, 0.2) is 0 Å². The SMILES string of the molecule is COc1ccccc1NC(=O)C1CCN(CC(O)COCc2ccccc2Cl)CC1. The number of carbonyl (C=O) groups excluding carboxylic acids is 1. The van der Waals surface area contributed by atoms with Crippen molar-refractivity contribution in [2.24, 2.45) is 5.92 Å². The first-order chi connectivity index (χ1) is 14.6. The van der Waals surface area contributed by atoms with Crippen molar-refractivity contribution in [3.05, 3.63) is 59.1 Å². The summed E-state index contributed by atoms with van der Waals surface area (Å²) in [4.78, 5) is 14.8. The zero-order chi connectivity index (χ0) is 21.3. The summed E-state index contributed by atoms with van der Waals surface area (Å²) >= 11 is 6.11. The number of amides is 1. The van der Waals surface area contributed by atoms with Crippen LogP contribution < -0.4 is 10.1 Å². The molecule has 2 N–H and O–H groups in total. The van der Waals surface area contributed by atoms with Crippen LogP contribution in [0.1, 0.15) is 18.4 Å². The molecule has 6 nitrogen and oxygen atoms in total. The molecule has 1 unspecified atom stereocenters. The summed E-state index contributed by atoms with van der Waals surface area (Å²) in [5.74, 6) is 0.630. The molecule has 0 bridgehead atoms. The Morgan fingerprint density at radius 3 is 2.63 bits per heavy atom. The zero-order valence-corrected chi connectivity index (χ0v) is 18.0. The van der Waals surface area contributed by atoms with Crippen molar-refractivity contribution in [3.63, 3.8) is 0 Å². The van der Waals surface area contributed by atoms with Crippen molar-refractivity contribution < 1.29 is 19.4 Å². The van der Waals surface area contributed by atoms with Crippen molar-refractivity contribution >= 4 is 23.2 Å². The average molecular weight is 433 g/mol. The highest BCUT2D eigenvalue weighted by Gasteiger charge is 2.26. The van der Waals surface area contributed by atoms with E-state index in [9.17, 15) is 9.90 Å². The Kier molecular flexibility index (Phi) is 8.51. The number of hydrogen-bond donors (Lipinski definition) is 2. The number of benzene rings is 2. The molecule has 0 radical (unpaired) electrons. The minimum Gasteiger partial charge on any atom is -0.495 e. The van der Waals surface area contributed by atoms with Crippen molar-refractivity contribution in [3.8, 4) is 5.75 Å². The minimum absolute atomic E-state index is 0.0165. The monoisotopic (exact) mass is 432 g/mol. The van der Waals surface area contributed by atoms with E-state index >= 15 is 0 Å². The Morgan fingerprint density at radius 2 is 1.90 bits per heavy atom. The lowest BCUT2D eigenvalue weighted by Crippen LogP contribution is -2.42. The highest BCUT2D eigenvalue weighted by Crippen LogP contribution is 2.26. The number of ether oxygens (including phenoxy) is 2. The van der Waals surface area contributed by atoms with Gasteiger partial charge in [-0.05, 0) is 49.7 Å². The van der Waals surface area contributed by atoms with Gasteiger partial charge in [0, 0.05) is 17.5 Å². The molecule has 1 atom stereocenters. The molecule has 1 heterocycles. The predicted octanol–water partition coefficient (Wildman–Crippen LogP) is 3.58. The smallest absolute Gasteiger partial charge is 0.227 e. The number of halogens is 1. The van der Waals surface area contributed by atoms with Crippen LogP contribution >= 0.6 is 11.6 Å². The van der Waals surface area contributed by atoms with E-state index in [1.54, 1.807) is 7.11 Å². The Hall–Kier alpha value is -2.12. The van der Waals surface area contributed by atoms with Crippen LogP contribution in [0.4, 0.5) is 5.69 Å². The molecule has 1 aliphatic heterocycles. The van der Waals surface area contributed by atoms with Gasteiger partial charge >= 0.3 is 0 Å². The van der Waals surface area contributed by atoms with Crippen LogP contribution in [-0.4, -0.2) is 55.4 Å². The standard InChI is InChI=1S/C23H29ClN2O4/c1-29-22-9-5-4-8-21(22)25-23(28)17-10-12-26(13-11-17)14-19(27)16-30-15-18-6-2-3-7-20(18)24/h2-9,17,19,27H,10-16H2,1H3,(H,25,28). The van der Waals surface area contributed by atoms with E-state index in [0.29, 0.717) is 29.6 Å². The number of nitrogens with zero attached hydrogens (tertiary/aromatic N) is 1. The summed E-state index contributed by atoms with van der Waals surface area (Å²) in [5, 5.41) is 13.9. The van der Waals surface area contributed by atoms with Gasteiger partial charge in [0.1, 0.15) is 5.75 Å². The van der Waals surface area contributed by atoms with Crippen LogP contribution in [0.2, 0.25) is 5.02 Å². The van der Waals surface area contributed by atoms with E-state index in [2.05, 4.69) is 10.2 Å². The number of nitrogens with one attached hydrogen (secondary N) is 1. The molecule has 2 aromatic rings. The normalized spacial score (nSPS) is 16.2. The molecule has 0 aromatic heterocycles. The van der Waals surface area contributed by atoms with E-state index < -0.39 is 6.10 Å². The molecule has 2 aromatic carbocycles. The molecule has 1 fully saturated rings. The van der Waals surface area contributed by atoms with Crippen molar-refractivity contribution in [1.82, 2.24) is 4.90 Å². The summed E-state index contributed by atoms with van der Waals surface area (Å²) in [6.07, 6.45) is 0.939. The largest absolute Gasteiger partial charge is 0.495 e. The van der Waals surface area contributed by atoms with Gasteiger partial charge in [0.05, 0.1) is 32.1 Å².